The van der Waals surface area contributed by atoms with Crippen molar-refractivity contribution >= 4 is 39.2 Å². The predicted molar refractivity (Wildman–Crippen MR) is 106 cm³/mol. The van der Waals surface area contributed by atoms with E-state index in [0.29, 0.717) is 18.8 Å². The summed E-state index contributed by atoms with van der Waals surface area (Å²) in [7, 11) is 0. The molecule has 2 aromatic rings. The van der Waals surface area contributed by atoms with Gasteiger partial charge in [-0.05, 0) is 44.6 Å². The minimum Gasteiger partial charge on any atom is -0.372 e. The van der Waals surface area contributed by atoms with E-state index in [-0.39, 0.29) is 18.1 Å². The highest BCUT2D eigenvalue weighted by Crippen LogP contribution is 2.40. The fraction of sp³-hybridized carbons (Fsp3) is 0.632. The molecule has 26 heavy (non-hydrogen) atoms. The topological polar surface area (TPSA) is 55.3 Å². The Labute approximate surface area is 162 Å². The first kappa shape index (κ1) is 18.2. The molecule has 2 aliphatic rings. The van der Waals surface area contributed by atoms with Crippen molar-refractivity contribution in [2.75, 3.05) is 18.8 Å². The van der Waals surface area contributed by atoms with Gasteiger partial charge in [-0.25, -0.2) is 9.97 Å². The van der Waals surface area contributed by atoms with Crippen LogP contribution in [-0.4, -0.2) is 51.8 Å². The number of rotatable bonds is 3. The standard InChI is InChI=1S/C19H25N3O2S2/c1-11-4-5-14-15(6-11)26-19-17(14)18(20-10-21-19)25-9-16(23)22-7-12(2)24-13(3)8-22/h10-13H,4-9H2,1-3H3/t11-,12-,13-/m1/s1. The van der Waals surface area contributed by atoms with E-state index in [4.69, 9.17) is 4.74 Å². The Morgan fingerprint density at radius 2 is 2.08 bits per heavy atom. The van der Waals surface area contributed by atoms with Crippen molar-refractivity contribution in [1.82, 2.24) is 14.9 Å². The maximum atomic E-state index is 12.7. The van der Waals surface area contributed by atoms with E-state index in [1.165, 1.54) is 22.2 Å². The molecule has 5 nitrogen and oxygen atoms in total. The summed E-state index contributed by atoms with van der Waals surface area (Å²) in [4.78, 5) is 26.1. The van der Waals surface area contributed by atoms with Gasteiger partial charge in [0.1, 0.15) is 16.2 Å². The third kappa shape index (κ3) is 3.62. The van der Waals surface area contributed by atoms with Crippen LogP contribution in [0.1, 0.15) is 37.6 Å². The summed E-state index contributed by atoms with van der Waals surface area (Å²) in [5.41, 5.74) is 1.42. The number of carbonyl (C=O) groups is 1. The van der Waals surface area contributed by atoms with Crippen LogP contribution in [0.25, 0.3) is 10.2 Å². The number of hydrogen-bond donors (Lipinski definition) is 0. The first-order chi connectivity index (χ1) is 12.5. The summed E-state index contributed by atoms with van der Waals surface area (Å²) >= 11 is 3.36. The zero-order chi connectivity index (χ0) is 18.3. The van der Waals surface area contributed by atoms with Crippen LogP contribution in [0.2, 0.25) is 0 Å². The van der Waals surface area contributed by atoms with Crippen LogP contribution in [0, 0.1) is 5.92 Å². The third-order valence-electron chi connectivity index (χ3n) is 5.16. The summed E-state index contributed by atoms with van der Waals surface area (Å²) in [6.07, 6.45) is 5.31. The smallest absolute Gasteiger partial charge is 0.233 e. The highest BCUT2D eigenvalue weighted by atomic mass is 32.2. The quantitative estimate of drug-likeness (QED) is 0.592. The number of ether oxygens (including phenoxy) is 1. The van der Waals surface area contributed by atoms with E-state index in [1.54, 1.807) is 29.4 Å². The van der Waals surface area contributed by atoms with Crippen LogP contribution >= 0.6 is 23.1 Å². The zero-order valence-corrected chi connectivity index (χ0v) is 17.2. The van der Waals surface area contributed by atoms with Crippen LogP contribution < -0.4 is 0 Å². The average molecular weight is 392 g/mol. The van der Waals surface area contributed by atoms with Crippen molar-refractivity contribution in [2.24, 2.45) is 5.92 Å². The molecular weight excluding hydrogens is 366 g/mol. The molecule has 140 valence electrons. The molecule has 7 heteroatoms. The van der Waals surface area contributed by atoms with Gasteiger partial charge in [-0.1, -0.05) is 18.7 Å². The van der Waals surface area contributed by atoms with Crippen molar-refractivity contribution in [3.8, 4) is 0 Å². The van der Waals surface area contributed by atoms with E-state index in [0.717, 1.165) is 28.6 Å². The molecular formula is C19H25N3O2S2. The fourth-order valence-electron chi connectivity index (χ4n) is 3.96. The Balaban J connectivity index is 1.52. The van der Waals surface area contributed by atoms with Gasteiger partial charge in [0.05, 0.1) is 18.0 Å². The molecule has 1 fully saturated rings. The van der Waals surface area contributed by atoms with Crippen LogP contribution in [0.15, 0.2) is 11.4 Å². The highest BCUT2D eigenvalue weighted by molar-refractivity contribution is 8.00. The molecule has 1 amide bonds. The Bertz CT molecular complexity index is 812. The molecule has 2 aromatic heterocycles. The summed E-state index contributed by atoms with van der Waals surface area (Å²) in [5, 5.41) is 2.16. The number of carbonyl (C=O) groups excluding carboxylic acids is 1. The monoisotopic (exact) mass is 391 g/mol. The first-order valence-corrected chi connectivity index (χ1v) is 11.1. The Hall–Kier alpha value is -1.18. The van der Waals surface area contributed by atoms with E-state index in [9.17, 15) is 4.79 Å². The summed E-state index contributed by atoms with van der Waals surface area (Å²) in [6.45, 7) is 7.71. The highest BCUT2D eigenvalue weighted by Gasteiger charge is 2.27. The van der Waals surface area contributed by atoms with Gasteiger partial charge in [0, 0.05) is 23.4 Å². The van der Waals surface area contributed by atoms with Gasteiger partial charge in [0.15, 0.2) is 0 Å². The number of thiophene rings is 1. The minimum absolute atomic E-state index is 0.101. The van der Waals surface area contributed by atoms with Gasteiger partial charge in [0.2, 0.25) is 5.91 Å². The normalized spacial score (nSPS) is 26.1. The van der Waals surface area contributed by atoms with E-state index in [2.05, 4.69) is 16.9 Å². The first-order valence-electron chi connectivity index (χ1n) is 9.32. The second-order valence-corrected chi connectivity index (χ2v) is 9.60. The molecule has 3 heterocycles. The van der Waals surface area contributed by atoms with Crippen molar-refractivity contribution in [3.63, 3.8) is 0 Å². The lowest BCUT2D eigenvalue weighted by Gasteiger charge is -2.35. The van der Waals surface area contributed by atoms with Crippen molar-refractivity contribution in [1.29, 1.82) is 0 Å². The van der Waals surface area contributed by atoms with Gasteiger partial charge in [-0.2, -0.15) is 0 Å². The van der Waals surface area contributed by atoms with E-state index < -0.39 is 0 Å². The SMILES string of the molecule is C[C@@H]1CCc2c(sc3ncnc(SCC(=O)N4C[C@@H](C)O[C@H](C)C4)c23)C1. The molecule has 3 atom stereocenters. The minimum atomic E-state index is 0.101. The van der Waals surface area contributed by atoms with Crippen LogP contribution in [0.4, 0.5) is 0 Å². The number of aromatic nitrogens is 2. The molecule has 0 unspecified atom stereocenters. The van der Waals surface area contributed by atoms with Crippen LogP contribution in [0.5, 0.6) is 0 Å². The lowest BCUT2D eigenvalue weighted by atomic mass is 9.89. The number of thioether (sulfide) groups is 1. The fourth-order valence-corrected chi connectivity index (χ4v) is 6.30. The third-order valence-corrected chi connectivity index (χ3v) is 7.30. The number of fused-ring (bicyclic) bond motifs is 3. The predicted octanol–water partition coefficient (Wildman–Crippen LogP) is 3.54. The van der Waals surface area contributed by atoms with E-state index in [1.807, 2.05) is 18.7 Å². The number of amides is 1. The van der Waals surface area contributed by atoms with Gasteiger partial charge < -0.3 is 9.64 Å². The van der Waals surface area contributed by atoms with Gasteiger partial charge in [-0.15, -0.1) is 11.3 Å². The number of aryl methyl sites for hydroxylation is 1. The molecule has 1 aliphatic heterocycles. The summed E-state index contributed by atoms with van der Waals surface area (Å²) < 4.78 is 5.73. The summed E-state index contributed by atoms with van der Waals surface area (Å²) in [5.74, 6) is 1.33. The van der Waals surface area contributed by atoms with Crippen molar-refractivity contribution in [2.45, 2.75) is 57.3 Å². The number of morpholine rings is 1. The number of hydrogen-bond acceptors (Lipinski definition) is 6. The Morgan fingerprint density at radius 3 is 2.85 bits per heavy atom. The molecule has 0 bridgehead atoms. The zero-order valence-electron chi connectivity index (χ0n) is 15.5. The average Bonchev–Trinajstić information content (AvgIpc) is 2.96. The molecule has 4 rings (SSSR count). The molecule has 0 radical (unpaired) electrons. The van der Waals surface area contributed by atoms with Crippen LogP contribution in [0.3, 0.4) is 0 Å². The maximum absolute atomic E-state index is 12.7. The van der Waals surface area contributed by atoms with Crippen molar-refractivity contribution < 1.29 is 9.53 Å². The van der Waals surface area contributed by atoms with Gasteiger partial charge in [0.25, 0.3) is 0 Å². The number of nitrogens with zero attached hydrogens (tertiary/aromatic N) is 3. The largest absolute Gasteiger partial charge is 0.372 e. The molecule has 0 spiro atoms. The van der Waals surface area contributed by atoms with Crippen LogP contribution in [-0.2, 0) is 22.4 Å². The second kappa shape index (κ2) is 7.44. The molecule has 0 N–H and O–H groups in total. The van der Waals surface area contributed by atoms with Gasteiger partial charge >= 0.3 is 0 Å². The Morgan fingerprint density at radius 1 is 1.31 bits per heavy atom. The summed E-state index contributed by atoms with van der Waals surface area (Å²) in [6, 6.07) is 0. The Kier molecular flexibility index (Phi) is 5.21. The molecule has 1 saturated heterocycles. The maximum Gasteiger partial charge on any atom is 0.233 e. The van der Waals surface area contributed by atoms with E-state index >= 15 is 0 Å². The van der Waals surface area contributed by atoms with Crippen molar-refractivity contribution in [3.05, 3.63) is 16.8 Å². The lowest BCUT2D eigenvalue weighted by Crippen LogP contribution is -2.48. The lowest BCUT2D eigenvalue weighted by molar-refractivity contribution is -0.140. The molecule has 0 saturated carbocycles. The molecule has 0 aromatic carbocycles. The molecule has 1 aliphatic carbocycles. The van der Waals surface area contributed by atoms with Gasteiger partial charge in [-0.3, -0.25) is 4.79 Å². The second-order valence-electron chi connectivity index (χ2n) is 7.56.